The van der Waals surface area contributed by atoms with Crippen LogP contribution in [0.3, 0.4) is 0 Å². The number of carbonyl (C=O) groups is 2. The van der Waals surface area contributed by atoms with Gasteiger partial charge in [0.2, 0.25) is 10.5 Å². The average Bonchev–Trinajstić information content (AvgIpc) is 2.38. The number of halogens is 1. The highest BCUT2D eigenvalue weighted by Gasteiger charge is 2.24. The van der Waals surface area contributed by atoms with Crippen LogP contribution >= 0.6 is 0 Å². The molecule has 6 heteroatoms. The molecule has 0 saturated carbocycles. The summed E-state index contributed by atoms with van der Waals surface area (Å²) in [6.07, 6.45) is 0. The Kier molecular flexibility index (Phi) is 4.79. The Morgan fingerprint density at radius 2 is 2.00 bits per heavy atom. The Bertz CT molecular complexity index is 487. The van der Waals surface area contributed by atoms with E-state index in [1.54, 1.807) is 0 Å². The lowest BCUT2D eigenvalue weighted by atomic mass is 10.0. The molecule has 0 radical (unpaired) electrons. The van der Waals surface area contributed by atoms with Gasteiger partial charge in [0, 0.05) is 5.57 Å². The number of carbonyl (C=O) groups excluding carboxylic acids is 2. The Hall–Kier alpha value is -1.95. The van der Waals surface area contributed by atoms with Crippen LogP contribution in [0.25, 0.3) is 0 Å². The van der Waals surface area contributed by atoms with Crippen molar-refractivity contribution in [3.63, 3.8) is 0 Å². The van der Waals surface area contributed by atoms with Gasteiger partial charge in [-0.05, 0) is 19.1 Å². The van der Waals surface area contributed by atoms with Gasteiger partial charge < -0.3 is 9.16 Å². The number of para-hydroxylation sites is 1. The van der Waals surface area contributed by atoms with Crippen LogP contribution in [0.4, 0.5) is 4.39 Å². The first-order chi connectivity index (χ1) is 8.47. The van der Waals surface area contributed by atoms with Crippen molar-refractivity contribution in [3.05, 3.63) is 42.2 Å². The van der Waals surface area contributed by atoms with E-state index in [2.05, 4.69) is 11.0 Å². The van der Waals surface area contributed by atoms with E-state index in [0.717, 1.165) is 0 Å². The predicted octanol–water partition coefficient (Wildman–Crippen LogP) is 0.747. The lowest BCUT2D eigenvalue weighted by Gasteiger charge is -2.12. The van der Waals surface area contributed by atoms with Crippen molar-refractivity contribution in [1.29, 1.82) is 0 Å². The van der Waals surface area contributed by atoms with Crippen LogP contribution in [-0.4, -0.2) is 22.4 Å². The van der Waals surface area contributed by atoms with Gasteiger partial charge in [0.1, 0.15) is 0 Å². The summed E-state index contributed by atoms with van der Waals surface area (Å²) in [5.41, 5.74) is -0.0703. The topological polar surface area (TPSA) is 52.6 Å². The molecule has 0 saturated heterocycles. The molecule has 0 spiro atoms. The lowest BCUT2D eigenvalue weighted by Crippen LogP contribution is -2.23. The van der Waals surface area contributed by atoms with Gasteiger partial charge >= 0.3 is 5.97 Å². The number of ether oxygens (including phenoxy) is 1. The normalized spacial score (nSPS) is 11.7. The first-order valence-electron chi connectivity index (χ1n) is 5.20. The van der Waals surface area contributed by atoms with E-state index >= 15 is 0 Å². The van der Waals surface area contributed by atoms with E-state index in [4.69, 9.17) is 4.74 Å². The zero-order valence-corrected chi connectivity index (χ0v) is 12.1. The molecule has 0 bridgehead atoms. The van der Waals surface area contributed by atoms with Crippen LogP contribution in [-0.2, 0) is 14.0 Å². The van der Waals surface area contributed by atoms with Crippen molar-refractivity contribution >= 4 is 22.4 Å². The van der Waals surface area contributed by atoms with E-state index in [-0.39, 0.29) is 21.8 Å². The minimum atomic E-state index is -0.848. The molecule has 0 aliphatic rings. The maximum absolute atomic E-state index is 13.2. The van der Waals surface area contributed by atoms with Gasteiger partial charge in [-0.15, -0.1) is 0 Å². The average molecular weight is 268 g/mol. The van der Waals surface area contributed by atoms with Crippen molar-refractivity contribution in [1.82, 2.24) is 0 Å². The number of hydrogen-bond acceptors (Lipinski definition) is 4. The van der Waals surface area contributed by atoms with Crippen LogP contribution in [0.2, 0.25) is 0 Å². The summed E-state index contributed by atoms with van der Waals surface area (Å²) >= 11 is 0. The number of benzene rings is 1. The standard InChI is InChI=1S/C12H13FO4Si/c1-7(8(2)12(15)17-18)11(14)16-10-6-4-3-5-9(10)13/h3-6,8H,1H2,2,18H3. The Balaban J connectivity index is 2.75. The molecule has 4 nitrogen and oxygen atoms in total. The summed E-state index contributed by atoms with van der Waals surface area (Å²) in [6, 6.07) is 5.49. The minimum Gasteiger partial charge on any atom is -0.528 e. The lowest BCUT2D eigenvalue weighted by molar-refractivity contribution is -0.140. The summed E-state index contributed by atoms with van der Waals surface area (Å²) in [6.45, 7) is 4.94. The van der Waals surface area contributed by atoms with Gasteiger partial charge in [0.15, 0.2) is 11.6 Å². The predicted molar refractivity (Wildman–Crippen MR) is 66.4 cm³/mol. The number of esters is 1. The highest BCUT2D eigenvalue weighted by atomic mass is 28.2. The van der Waals surface area contributed by atoms with Crippen molar-refractivity contribution in [2.45, 2.75) is 6.92 Å². The van der Waals surface area contributed by atoms with Crippen LogP contribution in [0, 0.1) is 11.7 Å². The highest BCUT2D eigenvalue weighted by Crippen LogP contribution is 2.19. The number of hydrogen-bond donors (Lipinski definition) is 0. The molecule has 1 rings (SSSR count). The molecule has 1 atom stereocenters. The van der Waals surface area contributed by atoms with Gasteiger partial charge in [0.05, 0.1) is 5.92 Å². The highest BCUT2D eigenvalue weighted by molar-refractivity contribution is 6.07. The fourth-order valence-corrected chi connectivity index (χ4v) is 1.54. The molecule has 1 unspecified atom stereocenters. The second-order valence-corrected chi connectivity index (χ2v) is 4.00. The first kappa shape index (κ1) is 14.1. The summed E-state index contributed by atoms with van der Waals surface area (Å²) in [4.78, 5) is 22.9. The van der Waals surface area contributed by atoms with Crippen LogP contribution in [0.15, 0.2) is 36.4 Å². The van der Waals surface area contributed by atoms with Gasteiger partial charge in [0.25, 0.3) is 5.97 Å². The summed E-state index contributed by atoms with van der Waals surface area (Å²) in [7, 11) is 0.235. The SMILES string of the molecule is C=C(C(=O)Oc1ccccc1F)C(C)C(=O)O[SiH3]. The zero-order valence-electron chi connectivity index (χ0n) is 10.1. The van der Waals surface area contributed by atoms with Gasteiger partial charge in [-0.2, -0.15) is 0 Å². The molecule has 0 aromatic heterocycles. The molecule has 18 heavy (non-hydrogen) atoms. The molecular formula is C12H13FO4Si. The van der Waals surface area contributed by atoms with Crippen molar-refractivity contribution in [3.8, 4) is 5.75 Å². The molecule has 96 valence electrons. The Morgan fingerprint density at radius 1 is 1.39 bits per heavy atom. The van der Waals surface area contributed by atoms with Crippen LogP contribution in [0.5, 0.6) is 5.75 Å². The van der Waals surface area contributed by atoms with Crippen molar-refractivity contribution < 1.29 is 23.1 Å². The third kappa shape index (κ3) is 3.27. The first-order valence-corrected chi connectivity index (χ1v) is 6.02. The maximum Gasteiger partial charge on any atom is 0.339 e. The fraction of sp³-hybridized carbons (Fsp3) is 0.167. The van der Waals surface area contributed by atoms with E-state index in [9.17, 15) is 14.0 Å². The molecule has 1 aromatic carbocycles. The largest absolute Gasteiger partial charge is 0.528 e. The van der Waals surface area contributed by atoms with E-state index in [1.165, 1.54) is 31.2 Å². The monoisotopic (exact) mass is 268 g/mol. The zero-order chi connectivity index (χ0) is 13.7. The quantitative estimate of drug-likeness (QED) is 0.350. The van der Waals surface area contributed by atoms with Gasteiger partial charge in [-0.25, -0.2) is 9.18 Å². The van der Waals surface area contributed by atoms with E-state index < -0.39 is 23.7 Å². The molecule has 0 amide bonds. The second kappa shape index (κ2) is 6.11. The number of rotatable bonds is 4. The van der Waals surface area contributed by atoms with Gasteiger partial charge in [-0.1, -0.05) is 18.7 Å². The van der Waals surface area contributed by atoms with E-state index in [1.807, 2.05) is 0 Å². The molecule has 0 heterocycles. The van der Waals surface area contributed by atoms with E-state index in [0.29, 0.717) is 0 Å². The van der Waals surface area contributed by atoms with Gasteiger partial charge in [-0.3, -0.25) is 4.79 Å². The molecule has 0 N–H and O–H groups in total. The van der Waals surface area contributed by atoms with Crippen molar-refractivity contribution in [2.24, 2.45) is 5.92 Å². The third-order valence-corrected chi connectivity index (χ3v) is 2.78. The Morgan fingerprint density at radius 3 is 2.56 bits per heavy atom. The van der Waals surface area contributed by atoms with Crippen molar-refractivity contribution in [2.75, 3.05) is 0 Å². The molecule has 0 aliphatic carbocycles. The molecule has 0 fully saturated rings. The summed E-state index contributed by atoms with van der Waals surface area (Å²) < 4.78 is 22.7. The summed E-state index contributed by atoms with van der Waals surface area (Å²) in [5, 5.41) is 0. The maximum atomic E-state index is 13.2. The van der Waals surface area contributed by atoms with Crippen LogP contribution in [0.1, 0.15) is 6.92 Å². The minimum absolute atomic E-state index is 0.0703. The molecule has 0 aliphatic heterocycles. The molecular weight excluding hydrogens is 255 g/mol. The molecule has 1 aromatic rings. The summed E-state index contributed by atoms with van der Waals surface area (Å²) in [5.74, 6) is -3.05. The van der Waals surface area contributed by atoms with Crippen LogP contribution < -0.4 is 4.74 Å². The second-order valence-electron chi connectivity index (χ2n) is 3.59. The smallest absolute Gasteiger partial charge is 0.339 e. The fourth-order valence-electron chi connectivity index (χ4n) is 1.19. The third-order valence-electron chi connectivity index (χ3n) is 2.38. The Labute approximate surface area is 107 Å².